The molecule has 0 spiro atoms. The SMILES string of the molecule is CCC(=NC(=O)OCc1ccccc1)N(Cc1ccc(OC)cc1)C(C)(c1cccs1)c1ccccc1Br. The molecule has 4 rings (SSSR count). The third kappa shape index (κ3) is 6.34. The van der Waals surface area contributed by atoms with Crippen molar-refractivity contribution in [1.82, 2.24) is 4.90 Å². The first kappa shape index (κ1) is 27.6. The van der Waals surface area contributed by atoms with Crippen molar-refractivity contribution in [1.29, 1.82) is 0 Å². The predicted octanol–water partition coefficient (Wildman–Crippen LogP) is 8.43. The number of hydrogen-bond acceptors (Lipinski definition) is 4. The van der Waals surface area contributed by atoms with Crippen molar-refractivity contribution >= 4 is 39.2 Å². The molecule has 1 atom stereocenters. The first-order chi connectivity index (χ1) is 18.5. The van der Waals surface area contributed by atoms with E-state index in [2.05, 4.69) is 56.3 Å². The molecule has 0 fully saturated rings. The number of halogens is 1. The van der Waals surface area contributed by atoms with Crippen LogP contribution in [0.5, 0.6) is 5.75 Å². The van der Waals surface area contributed by atoms with Crippen LogP contribution >= 0.6 is 27.3 Å². The van der Waals surface area contributed by atoms with Crippen LogP contribution < -0.4 is 4.74 Å². The molecule has 0 N–H and O–H groups in total. The summed E-state index contributed by atoms with van der Waals surface area (Å²) in [5, 5.41) is 2.08. The zero-order valence-corrected chi connectivity index (χ0v) is 24.2. The lowest BCUT2D eigenvalue weighted by Crippen LogP contribution is -2.48. The molecule has 0 aliphatic rings. The van der Waals surface area contributed by atoms with Gasteiger partial charge in [0.1, 0.15) is 18.2 Å². The Balaban J connectivity index is 1.78. The van der Waals surface area contributed by atoms with Crippen molar-refractivity contribution in [2.75, 3.05) is 7.11 Å². The number of ether oxygens (including phenoxy) is 2. The van der Waals surface area contributed by atoms with Gasteiger partial charge in [-0.05, 0) is 53.3 Å². The molecule has 0 aliphatic carbocycles. The monoisotopic (exact) mass is 590 g/mol. The minimum Gasteiger partial charge on any atom is -0.497 e. The fourth-order valence-electron chi connectivity index (χ4n) is 4.43. The summed E-state index contributed by atoms with van der Waals surface area (Å²) in [5.41, 5.74) is 2.44. The number of carbonyl (C=O) groups is 1. The van der Waals surface area contributed by atoms with Crippen LogP contribution in [0.25, 0.3) is 0 Å². The highest BCUT2D eigenvalue weighted by atomic mass is 79.9. The Morgan fingerprint density at radius 3 is 2.29 bits per heavy atom. The maximum atomic E-state index is 13.0. The van der Waals surface area contributed by atoms with Crippen LogP contribution in [0.1, 0.15) is 41.8 Å². The van der Waals surface area contributed by atoms with E-state index >= 15 is 0 Å². The number of nitrogens with zero attached hydrogens (tertiary/aromatic N) is 2. The molecule has 1 amide bonds. The summed E-state index contributed by atoms with van der Waals surface area (Å²) in [7, 11) is 1.66. The van der Waals surface area contributed by atoms with Crippen molar-refractivity contribution in [3.05, 3.63) is 122 Å². The molecule has 38 heavy (non-hydrogen) atoms. The molecule has 0 radical (unpaired) electrons. The number of benzene rings is 3. The van der Waals surface area contributed by atoms with Gasteiger partial charge in [0.2, 0.25) is 0 Å². The Morgan fingerprint density at radius 1 is 0.947 bits per heavy atom. The Labute approximate surface area is 236 Å². The highest BCUT2D eigenvalue weighted by molar-refractivity contribution is 9.10. The smallest absolute Gasteiger partial charge is 0.435 e. The summed E-state index contributed by atoms with van der Waals surface area (Å²) in [6.07, 6.45) is -0.0618. The topological polar surface area (TPSA) is 51.1 Å². The van der Waals surface area contributed by atoms with Crippen molar-refractivity contribution in [3.8, 4) is 5.75 Å². The lowest BCUT2D eigenvalue weighted by atomic mass is 9.87. The van der Waals surface area contributed by atoms with E-state index in [1.54, 1.807) is 18.4 Å². The average Bonchev–Trinajstić information content (AvgIpc) is 3.50. The second kappa shape index (κ2) is 12.9. The fraction of sp³-hybridized carbons (Fsp3) is 0.226. The van der Waals surface area contributed by atoms with Gasteiger partial charge in [-0.2, -0.15) is 4.99 Å². The maximum Gasteiger partial charge on any atom is 0.435 e. The number of aliphatic imine (C=N–C) groups is 1. The zero-order valence-electron chi connectivity index (χ0n) is 21.8. The van der Waals surface area contributed by atoms with E-state index in [0.29, 0.717) is 18.8 Å². The second-order valence-corrected chi connectivity index (χ2v) is 10.7. The molecule has 0 aliphatic heterocycles. The predicted molar refractivity (Wildman–Crippen MR) is 158 cm³/mol. The standard InChI is InChI=1S/C31H31BrN2O3S/c1-4-29(33-30(35)37-22-24-11-6-5-7-12-24)34(21-23-16-18-25(36-3)19-17-23)31(2,28-15-10-20-38-28)26-13-8-9-14-27(26)32/h5-20H,4,21-22H2,1-3H3. The Bertz CT molecular complexity index is 1360. The maximum absolute atomic E-state index is 13.0. The van der Waals surface area contributed by atoms with E-state index in [9.17, 15) is 4.79 Å². The van der Waals surface area contributed by atoms with Gasteiger partial charge in [0, 0.05) is 22.3 Å². The van der Waals surface area contributed by atoms with E-state index in [1.165, 1.54) is 0 Å². The van der Waals surface area contributed by atoms with Gasteiger partial charge >= 0.3 is 6.09 Å². The minimum atomic E-state index is -0.622. The average molecular weight is 592 g/mol. The van der Waals surface area contributed by atoms with Gasteiger partial charge in [-0.25, -0.2) is 4.79 Å². The van der Waals surface area contributed by atoms with Gasteiger partial charge in [0.25, 0.3) is 0 Å². The number of hydrogen-bond donors (Lipinski definition) is 0. The van der Waals surface area contributed by atoms with Crippen molar-refractivity contribution in [3.63, 3.8) is 0 Å². The van der Waals surface area contributed by atoms with Crippen LogP contribution in [0.15, 0.2) is 106 Å². The van der Waals surface area contributed by atoms with E-state index in [0.717, 1.165) is 31.8 Å². The van der Waals surface area contributed by atoms with Crippen LogP contribution in [-0.2, 0) is 23.4 Å². The summed E-state index contributed by atoms with van der Waals surface area (Å²) >= 11 is 5.47. The van der Waals surface area contributed by atoms with Crippen molar-refractivity contribution in [2.24, 2.45) is 4.99 Å². The molecular weight excluding hydrogens is 560 g/mol. The van der Waals surface area contributed by atoms with Crippen LogP contribution in [-0.4, -0.2) is 23.9 Å². The third-order valence-electron chi connectivity index (χ3n) is 6.49. The Morgan fingerprint density at radius 2 is 1.66 bits per heavy atom. The highest BCUT2D eigenvalue weighted by Crippen LogP contribution is 2.43. The van der Waals surface area contributed by atoms with Crippen molar-refractivity contribution < 1.29 is 14.3 Å². The molecule has 0 saturated heterocycles. The molecule has 7 heteroatoms. The highest BCUT2D eigenvalue weighted by Gasteiger charge is 2.40. The normalized spacial score (nSPS) is 13.0. The van der Waals surface area contributed by atoms with Gasteiger partial charge in [0.15, 0.2) is 0 Å². The first-order valence-electron chi connectivity index (χ1n) is 12.4. The molecule has 4 aromatic rings. The number of thiophene rings is 1. The van der Waals surface area contributed by atoms with Crippen LogP contribution in [0.4, 0.5) is 4.79 Å². The lowest BCUT2D eigenvalue weighted by Gasteiger charge is -2.44. The molecule has 1 aromatic heterocycles. The summed E-state index contributed by atoms with van der Waals surface area (Å²) < 4.78 is 11.9. The van der Waals surface area contributed by atoms with E-state index in [1.807, 2.05) is 79.7 Å². The quantitative estimate of drug-likeness (QED) is 0.145. The van der Waals surface area contributed by atoms with Gasteiger partial charge in [-0.1, -0.05) is 89.6 Å². The zero-order chi connectivity index (χ0) is 27.0. The second-order valence-electron chi connectivity index (χ2n) is 8.89. The van der Waals surface area contributed by atoms with Crippen LogP contribution in [0, 0.1) is 0 Å². The van der Waals surface area contributed by atoms with E-state index in [-0.39, 0.29) is 6.61 Å². The van der Waals surface area contributed by atoms with E-state index in [4.69, 9.17) is 9.47 Å². The largest absolute Gasteiger partial charge is 0.497 e. The number of carbonyl (C=O) groups excluding carboxylic acids is 1. The molecule has 196 valence electrons. The number of amidine groups is 1. The molecular formula is C31H31BrN2O3S. The van der Waals surface area contributed by atoms with E-state index < -0.39 is 11.6 Å². The van der Waals surface area contributed by atoms with Gasteiger partial charge < -0.3 is 14.4 Å². The molecule has 1 unspecified atom stereocenters. The minimum absolute atomic E-state index is 0.172. The third-order valence-corrected chi connectivity index (χ3v) is 8.26. The van der Waals surface area contributed by atoms with Crippen LogP contribution in [0.3, 0.4) is 0 Å². The summed E-state index contributed by atoms with van der Waals surface area (Å²) in [4.78, 5) is 20.8. The fourth-order valence-corrected chi connectivity index (χ4v) is 6.01. The summed E-state index contributed by atoms with van der Waals surface area (Å²) in [6.45, 7) is 4.89. The van der Waals surface area contributed by atoms with Gasteiger partial charge in [0.05, 0.1) is 12.6 Å². The molecule has 0 bridgehead atoms. The van der Waals surface area contributed by atoms with Gasteiger partial charge in [-0.15, -0.1) is 11.3 Å². The van der Waals surface area contributed by atoms with Crippen LogP contribution in [0.2, 0.25) is 0 Å². The lowest BCUT2D eigenvalue weighted by molar-refractivity contribution is 0.149. The Hall–Kier alpha value is -3.42. The molecule has 3 aromatic carbocycles. The molecule has 5 nitrogen and oxygen atoms in total. The molecule has 0 saturated carbocycles. The van der Waals surface area contributed by atoms with Crippen molar-refractivity contribution in [2.45, 2.75) is 39.0 Å². The summed E-state index contributed by atoms with van der Waals surface area (Å²) in [6, 6.07) is 30.0. The van der Waals surface area contributed by atoms with Gasteiger partial charge in [-0.3, -0.25) is 0 Å². The number of methoxy groups -OCH3 is 1. The molecule has 1 heterocycles. The summed E-state index contributed by atoms with van der Waals surface area (Å²) in [5.74, 6) is 1.44. The first-order valence-corrected chi connectivity index (χ1v) is 14.1. The number of rotatable bonds is 9. The Kier molecular flexibility index (Phi) is 9.37. The number of amides is 1.